The van der Waals surface area contributed by atoms with Gasteiger partial charge in [-0.05, 0) is 18.2 Å². The highest BCUT2D eigenvalue weighted by molar-refractivity contribution is 5.96. The summed E-state index contributed by atoms with van der Waals surface area (Å²) in [5.74, 6) is -3.05. The molecule has 23 heavy (non-hydrogen) atoms. The van der Waals surface area contributed by atoms with Crippen LogP contribution in [0.25, 0.3) is 0 Å². The SMILES string of the molecule is COC(CNC(=O)C1CN(C(=O)c2ccc(F)c(F)c2)C1)OC. The smallest absolute Gasteiger partial charge is 0.254 e. The van der Waals surface area contributed by atoms with Crippen LogP contribution in [0.4, 0.5) is 8.78 Å². The molecule has 2 amide bonds. The Balaban J connectivity index is 1.82. The van der Waals surface area contributed by atoms with Crippen molar-refractivity contribution in [1.29, 1.82) is 0 Å². The molecule has 0 atom stereocenters. The Bertz CT molecular complexity index is 587. The van der Waals surface area contributed by atoms with Crippen molar-refractivity contribution >= 4 is 11.8 Å². The van der Waals surface area contributed by atoms with Gasteiger partial charge in [0.2, 0.25) is 5.91 Å². The van der Waals surface area contributed by atoms with E-state index in [4.69, 9.17) is 9.47 Å². The Labute approximate surface area is 132 Å². The fraction of sp³-hybridized carbons (Fsp3) is 0.467. The monoisotopic (exact) mass is 328 g/mol. The minimum atomic E-state index is -1.07. The van der Waals surface area contributed by atoms with E-state index in [1.54, 1.807) is 0 Å². The van der Waals surface area contributed by atoms with Crippen LogP contribution in [0.2, 0.25) is 0 Å². The second-order valence-corrected chi connectivity index (χ2v) is 5.18. The number of rotatable bonds is 6. The zero-order chi connectivity index (χ0) is 17.0. The molecule has 0 spiro atoms. The van der Waals surface area contributed by atoms with Gasteiger partial charge in [-0.25, -0.2) is 8.78 Å². The predicted octanol–water partition coefficient (Wildman–Crippen LogP) is 0.772. The van der Waals surface area contributed by atoms with Gasteiger partial charge in [-0.3, -0.25) is 9.59 Å². The van der Waals surface area contributed by atoms with Gasteiger partial charge in [-0.1, -0.05) is 0 Å². The topological polar surface area (TPSA) is 67.9 Å². The Morgan fingerprint density at radius 2 is 1.91 bits per heavy atom. The van der Waals surface area contributed by atoms with Crippen molar-refractivity contribution in [3.8, 4) is 0 Å². The van der Waals surface area contributed by atoms with E-state index in [2.05, 4.69) is 5.32 Å². The summed E-state index contributed by atoms with van der Waals surface area (Å²) in [5.41, 5.74) is 0.0570. The second kappa shape index (κ2) is 7.47. The van der Waals surface area contributed by atoms with Crippen LogP contribution < -0.4 is 5.32 Å². The van der Waals surface area contributed by atoms with Crippen LogP contribution in [-0.2, 0) is 14.3 Å². The van der Waals surface area contributed by atoms with Crippen LogP contribution in [-0.4, -0.2) is 56.9 Å². The van der Waals surface area contributed by atoms with Crippen LogP contribution in [0, 0.1) is 17.6 Å². The van der Waals surface area contributed by atoms with Crippen molar-refractivity contribution in [2.75, 3.05) is 33.9 Å². The van der Waals surface area contributed by atoms with E-state index in [0.29, 0.717) is 0 Å². The Kier molecular flexibility index (Phi) is 5.62. The highest BCUT2D eigenvalue weighted by atomic mass is 19.2. The molecule has 0 aromatic heterocycles. The quantitative estimate of drug-likeness (QED) is 0.784. The van der Waals surface area contributed by atoms with Gasteiger partial charge < -0.3 is 19.7 Å². The van der Waals surface area contributed by atoms with Crippen LogP contribution >= 0.6 is 0 Å². The fourth-order valence-electron chi connectivity index (χ4n) is 2.21. The summed E-state index contributed by atoms with van der Waals surface area (Å²) in [6.07, 6.45) is -0.529. The molecule has 8 heteroatoms. The number of hydrogen-bond donors (Lipinski definition) is 1. The molecule has 1 aliphatic rings. The maximum Gasteiger partial charge on any atom is 0.254 e. The predicted molar refractivity (Wildman–Crippen MR) is 76.6 cm³/mol. The van der Waals surface area contributed by atoms with Gasteiger partial charge in [0.15, 0.2) is 17.9 Å². The Morgan fingerprint density at radius 1 is 1.26 bits per heavy atom. The molecule has 2 rings (SSSR count). The van der Waals surface area contributed by atoms with E-state index in [0.717, 1.165) is 12.1 Å². The number of nitrogens with zero attached hydrogens (tertiary/aromatic N) is 1. The number of amides is 2. The first kappa shape index (κ1) is 17.3. The van der Waals surface area contributed by atoms with E-state index in [9.17, 15) is 18.4 Å². The maximum atomic E-state index is 13.1. The molecule has 1 aromatic rings. The minimum absolute atomic E-state index is 0.0570. The molecule has 1 aromatic carbocycles. The fourth-order valence-corrected chi connectivity index (χ4v) is 2.21. The van der Waals surface area contributed by atoms with Crippen LogP contribution in [0.5, 0.6) is 0 Å². The normalized spacial score (nSPS) is 14.7. The van der Waals surface area contributed by atoms with Gasteiger partial charge in [0, 0.05) is 32.9 Å². The lowest BCUT2D eigenvalue weighted by molar-refractivity contribution is -0.134. The first-order valence-electron chi connectivity index (χ1n) is 7.04. The number of halogens is 2. The molecular formula is C15H18F2N2O4. The maximum absolute atomic E-state index is 13.1. The third-order valence-electron chi connectivity index (χ3n) is 3.67. The van der Waals surface area contributed by atoms with Crippen molar-refractivity contribution in [2.24, 2.45) is 5.92 Å². The van der Waals surface area contributed by atoms with E-state index < -0.39 is 23.8 Å². The highest BCUT2D eigenvalue weighted by Crippen LogP contribution is 2.20. The highest BCUT2D eigenvalue weighted by Gasteiger charge is 2.36. The lowest BCUT2D eigenvalue weighted by Gasteiger charge is -2.38. The molecule has 1 heterocycles. The second-order valence-electron chi connectivity index (χ2n) is 5.18. The molecule has 0 bridgehead atoms. The van der Waals surface area contributed by atoms with Gasteiger partial charge in [0.1, 0.15) is 0 Å². The number of hydrogen-bond acceptors (Lipinski definition) is 4. The van der Waals surface area contributed by atoms with Gasteiger partial charge in [-0.2, -0.15) is 0 Å². The number of ether oxygens (including phenoxy) is 2. The zero-order valence-corrected chi connectivity index (χ0v) is 12.8. The number of carbonyl (C=O) groups is 2. The molecule has 1 N–H and O–H groups in total. The minimum Gasteiger partial charge on any atom is -0.354 e. The molecule has 0 radical (unpaired) electrons. The summed E-state index contributed by atoms with van der Waals surface area (Å²) >= 11 is 0. The number of nitrogens with one attached hydrogen (secondary N) is 1. The van der Waals surface area contributed by atoms with Gasteiger partial charge in [0.05, 0.1) is 12.5 Å². The lowest BCUT2D eigenvalue weighted by Crippen LogP contribution is -2.56. The number of likely N-dealkylation sites (tertiary alicyclic amines) is 1. The third-order valence-corrected chi connectivity index (χ3v) is 3.67. The molecular weight excluding hydrogens is 310 g/mol. The molecule has 1 fully saturated rings. The molecule has 6 nitrogen and oxygen atoms in total. The number of methoxy groups -OCH3 is 2. The summed E-state index contributed by atoms with van der Waals surface area (Å²) in [6.45, 7) is 0.669. The summed E-state index contributed by atoms with van der Waals surface area (Å²) in [5, 5.41) is 2.67. The van der Waals surface area contributed by atoms with Crippen molar-refractivity contribution in [2.45, 2.75) is 6.29 Å². The molecule has 0 saturated carbocycles. The Hall–Kier alpha value is -2.06. The van der Waals surface area contributed by atoms with Crippen molar-refractivity contribution in [3.63, 3.8) is 0 Å². The van der Waals surface area contributed by atoms with E-state index >= 15 is 0 Å². The first-order chi connectivity index (χ1) is 11.0. The average molecular weight is 328 g/mol. The van der Waals surface area contributed by atoms with Crippen LogP contribution in [0.3, 0.4) is 0 Å². The van der Waals surface area contributed by atoms with Crippen LogP contribution in [0.15, 0.2) is 18.2 Å². The van der Waals surface area contributed by atoms with Crippen LogP contribution in [0.1, 0.15) is 10.4 Å². The average Bonchev–Trinajstić information content (AvgIpc) is 2.49. The summed E-state index contributed by atoms with van der Waals surface area (Å²) in [6, 6.07) is 2.98. The van der Waals surface area contributed by atoms with Gasteiger partial charge >= 0.3 is 0 Å². The molecule has 0 unspecified atom stereocenters. The van der Waals surface area contributed by atoms with E-state index in [1.807, 2.05) is 0 Å². The van der Waals surface area contributed by atoms with E-state index in [1.165, 1.54) is 25.2 Å². The lowest BCUT2D eigenvalue weighted by atomic mass is 9.98. The zero-order valence-electron chi connectivity index (χ0n) is 12.8. The molecule has 1 saturated heterocycles. The van der Waals surface area contributed by atoms with Crippen molar-refractivity contribution in [1.82, 2.24) is 10.2 Å². The van der Waals surface area contributed by atoms with Crippen molar-refractivity contribution < 1.29 is 27.8 Å². The van der Waals surface area contributed by atoms with E-state index in [-0.39, 0.29) is 37.0 Å². The largest absolute Gasteiger partial charge is 0.354 e. The summed E-state index contributed by atoms with van der Waals surface area (Å²) in [4.78, 5) is 25.4. The third kappa shape index (κ3) is 4.02. The Morgan fingerprint density at radius 3 is 2.48 bits per heavy atom. The van der Waals surface area contributed by atoms with Gasteiger partial charge in [-0.15, -0.1) is 0 Å². The molecule has 1 aliphatic heterocycles. The molecule has 0 aliphatic carbocycles. The standard InChI is InChI=1S/C15H18F2N2O4/c1-22-13(23-2)6-18-14(20)10-7-19(8-10)15(21)9-3-4-11(16)12(17)5-9/h3-5,10,13H,6-8H2,1-2H3,(H,18,20). The number of benzene rings is 1. The number of carbonyl (C=O) groups excluding carboxylic acids is 2. The first-order valence-corrected chi connectivity index (χ1v) is 7.04. The summed E-state index contributed by atoms with van der Waals surface area (Å²) < 4.78 is 35.9. The van der Waals surface area contributed by atoms with Crippen molar-refractivity contribution in [3.05, 3.63) is 35.4 Å². The van der Waals surface area contributed by atoms with Gasteiger partial charge in [0.25, 0.3) is 5.91 Å². The molecule has 126 valence electrons. The summed E-state index contributed by atoms with van der Waals surface area (Å²) in [7, 11) is 2.93.